The Kier molecular flexibility index (Phi) is 2.68. The van der Waals surface area contributed by atoms with Crippen molar-refractivity contribution in [3.8, 4) is 0 Å². The van der Waals surface area contributed by atoms with Gasteiger partial charge in [-0.25, -0.2) is 0 Å². The third-order valence-electron chi connectivity index (χ3n) is 2.57. The van der Waals surface area contributed by atoms with Gasteiger partial charge in [0, 0.05) is 18.0 Å². The number of benzene rings is 1. The van der Waals surface area contributed by atoms with Gasteiger partial charge in [-0.1, -0.05) is 23.7 Å². The maximum absolute atomic E-state index is 6.14. The average molecular weight is 238 g/mol. The zero-order valence-electron chi connectivity index (χ0n) is 9.79. The largest absolute Gasteiger partial charge is 0.325 e. The Morgan fingerprint density at radius 2 is 2.12 bits per heavy atom. The van der Waals surface area contributed by atoms with Crippen LogP contribution in [-0.2, 0) is 13.5 Å². The van der Waals surface area contributed by atoms with Crippen molar-refractivity contribution in [1.82, 2.24) is 9.78 Å². The van der Waals surface area contributed by atoms with Crippen LogP contribution in [0.15, 0.2) is 18.2 Å². The van der Waals surface area contributed by atoms with Crippen LogP contribution in [0.4, 0.5) is 0 Å². The van der Waals surface area contributed by atoms with Crippen LogP contribution in [0.2, 0.25) is 5.15 Å². The second-order valence-corrected chi connectivity index (χ2v) is 5.25. The number of aryl methyl sites for hydroxylation is 1. The molecule has 0 unspecified atom stereocenters. The summed E-state index contributed by atoms with van der Waals surface area (Å²) < 4.78 is 1.80. The highest BCUT2D eigenvalue weighted by atomic mass is 35.5. The monoisotopic (exact) mass is 237 g/mol. The van der Waals surface area contributed by atoms with Crippen LogP contribution in [-0.4, -0.2) is 15.3 Å². The molecule has 2 N–H and O–H groups in total. The number of halogens is 1. The Labute approximate surface area is 100 Å². The fourth-order valence-electron chi connectivity index (χ4n) is 1.97. The van der Waals surface area contributed by atoms with Crippen molar-refractivity contribution < 1.29 is 0 Å². The summed E-state index contributed by atoms with van der Waals surface area (Å²) in [5.74, 6) is 0. The highest BCUT2D eigenvalue weighted by molar-refractivity contribution is 6.34. The Morgan fingerprint density at radius 3 is 2.75 bits per heavy atom. The van der Waals surface area contributed by atoms with E-state index in [4.69, 9.17) is 17.3 Å². The van der Waals surface area contributed by atoms with Crippen molar-refractivity contribution in [1.29, 1.82) is 0 Å². The molecule has 0 aliphatic heterocycles. The quantitative estimate of drug-likeness (QED) is 0.872. The van der Waals surface area contributed by atoms with E-state index < -0.39 is 0 Å². The number of nitrogens with zero attached hydrogens (tertiary/aromatic N) is 2. The molecule has 16 heavy (non-hydrogen) atoms. The van der Waals surface area contributed by atoms with Gasteiger partial charge in [0.1, 0.15) is 0 Å². The van der Waals surface area contributed by atoms with Crippen LogP contribution in [0.25, 0.3) is 10.9 Å². The first-order chi connectivity index (χ1) is 7.38. The van der Waals surface area contributed by atoms with E-state index in [2.05, 4.69) is 11.2 Å². The molecular formula is C12H16ClN3. The predicted octanol–water partition coefficient (Wildman–Crippen LogP) is 2.51. The van der Waals surface area contributed by atoms with Crippen LogP contribution in [0, 0.1) is 0 Å². The van der Waals surface area contributed by atoms with Crippen molar-refractivity contribution in [3.05, 3.63) is 28.9 Å². The van der Waals surface area contributed by atoms with Crippen LogP contribution in [0.5, 0.6) is 0 Å². The third-order valence-corrected chi connectivity index (χ3v) is 2.83. The molecule has 0 atom stereocenters. The Balaban J connectivity index is 2.62. The van der Waals surface area contributed by atoms with Crippen LogP contribution in [0.3, 0.4) is 0 Å². The van der Waals surface area contributed by atoms with E-state index >= 15 is 0 Å². The molecule has 1 aromatic carbocycles. The van der Waals surface area contributed by atoms with Gasteiger partial charge >= 0.3 is 0 Å². The first kappa shape index (κ1) is 11.4. The average Bonchev–Trinajstić information content (AvgIpc) is 2.41. The molecule has 2 rings (SSSR count). The topological polar surface area (TPSA) is 43.8 Å². The maximum atomic E-state index is 6.14. The van der Waals surface area contributed by atoms with E-state index in [0.717, 1.165) is 22.9 Å². The van der Waals surface area contributed by atoms with Crippen LogP contribution in [0.1, 0.15) is 19.4 Å². The zero-order chi connectivity index (χ0) is 11.9. The lowest BCUT2D eigenvalue weighted by Gasteiger charge is -2.18. The van der Waals surface area contributed by atoms with Gasteiger partial charge in [0.05, 0.1) is 5.52 Å². The summed E-state index contributed by atoms with van der Waals surface area (Å²) in [6, 6.07) is 6.09. The number of rotatable bonds is 2. The molecule has 0 aliphatic rings. The van der Waals surface area contributed by atoms with Gasteiger partial charge in [0.15, 0.2) is 5.15 Å². The molecule has 0 fully saturated rings. The summed E-state index contributed by atoms with van der Waals surface area (Å²) >= 11 is 6.14. The van der Waals surface area contributed by atoms with Crippen molar-refractivity contribution in [3.63, 3.8) is 0 Å². The molecule has 0 aliphatic carbocycles. The molecule has 0 amide bonds. The molecule has 0 spiro atoms. The van der Waals surface area contributed by atoms with Crippen molar-refractivity contribution in [2.24, 2.45) is 12.8 Å². The van der Waals surface area contributed by atoms with Crippen molar-refractivity contribution in [2.45, 2.75) is 25.8 Å². The normalized spacial score (nSPS) is 12.3. The van der Waals surface area contributed by atoms with Gasteiger partial charge in [-0.15, -0.1) is 0 Å². The zero-order valence-corrected chi connectivity index (χ0v) is 10.5. The Morgan fingerprint density at radius 1 is 1.44 bits per heavy atom. The molecule has 4 heteroatoms. The van der Waals surface area contributed by atoms with E-state index in [1.165, 1.54) is 0 Å². The fraction of sp³-hybridized carbons (Fsp3) is 0.417. The first-order valence-electron chi connectivity index (χ1n) is 5.27. The van der Waals surface area contributed by atoms with Crippen LogP contribution >= 0.6 is 11.6 Å². The van der Waals surface area contributed by atoms with Crippen molar-refractivity contribution >= 4 is 22.5 Å². The molecule has 1 aromatic heterocycles. The molecule has 86 valence electrons. The standard InChI is InChI=1S/C12H16ClN3/c1-12(2,14)7-8-5-4-6-9-10(8)11(13)15-16(9)3/h4-6H,7,14H2,1-3H3. The summed E-state index contributed by atoms with van der Waals surface area (Å²) in [6.07, 6.45) is 0.787. The summed E-state index contributed by atoms with van der Waals surface area (Å²) in [4.78, 5) is 0. The SMILES string of the molecule is Cn1nc(Cl)c2c(CC(C)(C)N)cccc21. The van der Waals surface area contributed by atoms with Gasteiger partial charge < -0.3 is 5.73 Å². The summed E-state index contributed by atoms with van der Waals surface area (Å²) in [7, 11) is 1.89. The highest BCUT2D eigenvalue weighted by Gasteiger charge is 2.17. The summed E-state index contributed by atoms with van der Waals surface area (Å²) in [5, 5.41) is 5.79. The molecule has 3 nitrogen and oxygen atoms in total. The first-order valence-corrected chi connectivity index (χ1v) is 5.65. The molecular weight excluding hydrogens is 222 g/mol. The van der Waals surface area contributed by atoms with E-state index in [1.807, 2.05) is 33.0 Å². The van der Waals surface area contributed by atoms with Gasteiger partial charge in [-0.3, -0.25) is 4.68 Å². The molecule has 2 aromatic rings. The van der Waals surface area contributed by atoms with Gasteiger partial charge in [-0.05, 0) is 31.9 Å². The molecule has 0 radical (unpaired) electrons. The lowest BCUT2D eigenvalue weighted by Crippen LogP contribution is -2.34. The van der Waals surface area contributed by atoms with E-state index in [1.54, 1.807) is 4.68 Å². The second-order valence-electron chi connectivity index (χ2n) is 4.89. The fourth-order valence-corrected chi connectivity index (χ4v) is 2.30. The van der Waals surface area contributed by atoms with Gasteiger partial charge in [0.25, 0.3) is 0 Å². The minimum atomic E-state index is -0.243. The molecule has 1 heterocycles. The number of aromatic nitrogens is 2. The molecule has 0 saturated heterocycles. The number of hydrogen-bond acceptors (Lipinski definition) is 2. The predicted molar refractivity (Wildman–Crippen MR) is 67.7 cm³/mol. The van der Waals surface area contributed by atoms with E-state index in [0.29, 0.717) is 5.15 Å². The minimum absolute atomic E-state index is 0.243. The Bertz CT molecular complexity index is 523. The lowest BCUT2D eigenvalue weighted by molar-refractivity contribution is 0.518. The number of hydrogen-bond donors (Lipinski definition) is 1. The second kappa shape index (κ2) is 3.75. The molecule has 0 saturated carbocycles. The van der Waals surface area contributed by atoms with E-state index in [-0.39, 0.29) is 5.54 Å². The van der Waals surface area contributed by atoms with Crippen LogP contribution < -0.4 is 5.73 Å². The van der Waals surface area contributed by atoms with E-state index in [9.17, 15) is 0 Å². The minimum Gasteiger partial charge on any atom is -0.325 e. The number of fused-ring (bicyclic) bond motifs is 1. The summed E-state index contributed by atoms with van der Waals surface area (Å²) in [6.45, 7) is 4.02. The summed E-state index contributed by atoms with van der Waals surface area (Å²) in [5.41, 5.74) is 8.01. The molecule has 0 bridgehead atoms. The highest BCUT2D eigenvalue weighted by Crippen LogP contribution is 2.27. The lowest BCUT2D eigenvalue weighted by atomic mass is 9.94. The third kappa shape index (κ3) is 2.06. The van der Waals surface area contributed by atoms with Gasteiger partial charge in [0.2, 0.25) is 0 Å². The number of nitrogens with two attached hydrogens (primary N) is 1. The van der Waals surface area contributed by atoms with Gasteiger partial charge in [-0.2, -0.15) is 5.10 Å². The maximum Gasteiger partial charge on any atom is 0.159 e. The van der Waals surface area contributed by atoms with Crippen molar-refractivity contribution in [2.75, 3.05) is 0 Å². The smallest absolute Gasteiger partial charge is 0.159 e. The Hall–Kier alpha value is -1.06.